The van der Waals surface area contributed by atoms with Crippen LogP contribution in [0, 0.1) is 22.7 Å². The first kappa shape index (κ1) is 24.9. The molecule has 2 heterocycles. The first-order valence-electron chi connectivity index (χ1n) is 11.8. The fraction of sp³-hybridized carbons (Fsp3) is 0.462. The van der Waals surface area contributed by atoms with Gasteiger partial charge in [0.25, 0.3) is 0 Å². The Morgan fingerprint density at radius 3 is 2.69 bits per heavy atom. The molecule has 2 saturated heterocycles. The number of alkyl halides is 3. The van der Waals surface area contributed by atoms with Gasteiger partial charge < -0.3 is 19.9 Å². The Morgan fingerprint density at radius 2 is 2.00 bits per heavy atom. The lowest BCUT2D eigenvalue weighted by molar-refractivity contribution is -0.137. The van der Waals surface area contributed by atoms with Crippen LogP contribution in [0.1, 0.15) is 30.0 Å². The summed E-state index contributed by atoms with van der Waals surface area (Å²) in [5.74, 6) is 0.178. The number of piperidine rings is 1. The van der Waals surface area contributed by atoms with E-state index in [0.29, 0.717) is 51.6 Å². The summed E-state index contributed by atoms with van der Waals surface area (Å²) in [5.41, 5.74) is -0.254. The van der Waals surface area contributed by atoms with Crippen LogP contribution in [-0.4, -0.2) is 50.3 Å². The molecule has 2 amide bonds. The van der Waals surface area contributed by atoms with Crippen molar-refractivity contribution in [2.75, 3.05) is 44.3 Å². The predicted octanol–water partition coefficient (Wildman–Crippen LogP) is 4.65. The molecule has 2 fully saturated rings. The van der Waals surface area contributed by atoms with Crippen molar-refractivity contribution in [3.8, 4) is 6.07 Å². The van der Waals surface area contributed by atoms with Crippen LogP contribution in [0.25, 0.3) is 0 Å². The highest BCUT2D eigenvalue weighted by atomic mass is 19.4. The summed E-state index contributed by atoms with van der Waals surface area (Å²) in [5, 5.41) is 12.1. The summed E-state index contributed by atoms with van der Waals surface area (Å²) in [6.45, 7) is 5.38. The molecule has 2 atom stereocenters. The second kappa shape index (κ2) is 10.2. The van der Waals surface area contributed by atoms with E-state index in [2.05, 4.69) is 5.32 Å². The van der Waals surface area contributed by atoms with Gasteiger partial charge in [-0.1, -0.05) is 30.3 Å². The average molecular weight is 487 g/mol. The minimum absolute atomic E-state index is 0.153. The van der Waals surface area contributed by atoms with E-state index in [1.54, 1.807) is 17.0 Å². The van der Waals surface area contributed by atoms with Crippen LogP contribution in [0.4, 0.5) is 23.7 Å². The second-order valence-electron chi connectivity index (χ2n) is 9.27. The van der Waals surface area contributed by atoms with E-state index < -0.39 is 11.7 Å². The van der Waals surface area contributed by atoms with E-state index >= 15 is 0 Å². The lowest BCUT2D eigenvalue weighted by atomic mass is 9.74. The van der Waals surface area contributed by atoms with Gasteiger partial charge in [-0.25, -0.2) is 4.79 Å². The lowest BCUT2D eigenvalue weighted by Crippen LogP contribution is -2.55. The van der Waals surface area contributed by atoms with Crippen LogP contribution in [0.3, 0.4) is 0 Å². The second-order valence-corrected chi connectivity index (χ2v) is 9.27. The molecule has 0 spiro atoms. The Balaban J connectivity index is 1.52. The average Bonchev–Trinajstić information content (AvgIpc) is 3.25. The minimum atomic E-state index is -4.61. The molecule has 1 N–H and O–H groups in total. The van der Waals surface area contributed by atoms with Gasteiger partial charge in [0, 0.05) is 50.4 Å². The third-order valence-corrected chi connectivity index (χ3v) is 7.03. The number of anilines is 1. The Labute approximate surface area is 203 Å². The normalized spacial score (nSPS) is 22.0. The molecule has 9 heteroatoms. The molecule has 35 heavy (non-hydrogen) atoms. The third kappa shape index (κ3) is 5.38. The summed E-state index contributed by atoms with van der Waals surface area (Å²) in [6.07, 6.45) is -3.87. The number of ether oxygens (including phenoxy) is 1. The Hall–Kier alpha value is -3.25. The van der Waals surface area contributed by atoms with Crippen molar-refractivity contribution >= 4 is 11.7 Å². The standard InChI is InChI=1S/C26H29F3N4O2/c1-2-35-18-25-16-32(24(34)31-14-19-6-4-3-5-7-19)11-10-21(25)15-33(17-25)22-9-8-20(13-30)23(12-22)26(27,28)29/h3-9,12,21H,2,10-11,14-18H2,1H3,(H,31,34)/t21-,25+/m0/s1. The van der Waals surface area contributed by atoms with Crippen LogP contribution < -0.4 is 10.2 Å². The Kier molecular flexibility index (Phi) is 7.22. The number of hydrogen-bond acceptors (Lipinski definition) is 4. The van der Waals surface area contributed by atoms with E-state index in [0.717, 1.165) is 18.1 Å². The number of nitrogens with one attached hydrogen (secondary N) is 1. The molecule has 0 aliphatic carbocycles. The zero-order valence-electron chi connectivity index (χ0n) is 19.6. The maximum atomic E-state index is 13.5. The fourth-order valence-electron chi connectivity index (χ4n) is 5.21. The van der Waals surface area contributed by atoms with E-state index in [9.17, 15) is 18.0 Å². The smallest absolute Gasteiger partial charge is 0.381 e. The Bertz CT molecular complexity index is 1090. The number of carbonyl (C=O) groups excluding carboxylic acids is 1. The summed E-state index contributed by atoms with van der Waals surface area (Å²) < 4.78 is 46.4. The molecular weight excluding hydrogens is 457 g/mol. The quantitative estimate of drug-likeness (QED) is 0.645. The zero-order valence-corrected chi connectivity index (χ0v) is 19.6. The van der Waals surface area contributed by atoms with Crippen molar-refractivity contribution in [1.82, 2.24) is 10.2 Å². The summed E-state index contributed by atoms with van der Waals surface area (Å²) in [7, 11) is 0. The number of nitriles is 1. The van der Waals surface area contributed by atoms with E-state index in [-0.39, 0.29) is 22.9 Å². The molecule has 2 aliphatic heterocycles. The number of nitrogens with zero attached hydrogens (tertiary/aromatic N) is 3. The maximum Gasteiger partial charge on any atom is 0.417 e. The number of rotatable bonds is 6. The summed E-state index contributed by atoms with van der Waals surface area (Å²) in [4.78, 5) is 16.7. The van der Waals surface area contributed by atoms with Gasteiger partial charge in [-0.15, -0.1) is 0 Å². The van der Waals surface area contributed by atoms with Gasteiger partial charge in [0.2, 0.25) is 0 Å². The van der Waals surface area contributed by atoms with Gasteiger partial charge in [-0.3, -0.25) is 0 Å². The highest BCUT2D eigenvalue weighted by Gasteiger charge is 2.51. The van der Waals surface area contributed by atoms with Crippen LogP contribution in [0.15, 0.2) is 48.5 Å². The Morgan fingerprint density at radius 1 is 1.23 bits per heavy atom. The molecule has 0 saturated carbocycles. The van der Waals surface area contributed by atoms with Crippen LogP contribution in [-0.2, 0) is 17.5 Å². The number of fused-ring (bicyclic) bond motifs is 1. The number of amides is 2. The highest BCUT2D eigenvalue weighted by Crippen LogP contribution is 2.45. The summed E-state index contributed by atoms with van der Waals surface area (Å²) >= 11 is 0. The van der Waals surface area contributed by atoms with Crippen molar-refractivity contribution in [2.45, 2.75) is 26.1 Å². The molecule has 4 rings (SSSR count). The molecule has 0 aromatic heterocycles. The molecule has 0 radical (unpaired) electrons. The molecule has 2 aromatic rings. The van der Waals surface area contributed by atoms with Crippen molar-refractivity contribution in [2.24, 2.45) is 11.3 Å². The third-order valence-electron chi connectivity index (χ3n) is 7.03. The van der Waals surface area contributed by atoms with Gasteiger partial charge in [0.15, 0.2) is 0 Å². The number of halogens is 3. The van der Waals surface area contributed by atoms with Crippen molar-refractivity contribution in [3.05, 3.63) is 65.2 Å². The topological polar surface area (TPSA) is 68.6 Å². The first-order chi connectivity index (χ1) is 16.8. The fourth-order valence-corrected chi connectivity index (χ4v) is 5.21. The van der Waals surface area contributed by atoms with Gasteiger partial charge in [-0.2, -0.15) is 18.4 Å². The van der Waals surface area contributed by atoms with Crippen molar-refractivity contribution < 1.29 is 22.7 Å². The van der Waals surface area contributed by atoms with Gasteiger partial charge in [0.05, 0.1) is 23.8 Å². The van der Waals surface area contributed by atoms with Crippen molar-refractivity contribution in [3.63, 3.8) is 0 Å². The molecule has 6 nitrogen and oxygen atoms in total. The van der Waals surface area contributed by atoms with Crippen molar-refractivity contribution in [1.29, 1.82) is 5.26 Å². The number of likely N-dealkylation sites (tertiary alicyclic amines) is 1. The molecule has 0 bridgehead atoms. The van der Waals surface area contributed by atoms with Crippen LogP contribution in [0.5, 0.6) is 0 Å². The number of benzene rings is 2. The SMILES string of the molecule is CCOC[C@]12CN(C(=O)NCc3ccccc3)CC[C@H]1CN(c1ccc(C#N)c(C(F)(F)F)c1)C2. The number of hydrogen-bond donors (Lipinski definition) is 1. The number of carbonyl (C=O) groups is 1. The van der Waals surface area contributed by atoms with Gasteiger partial charge in [0.1, 0.15) is 0 Å². The lowest BCUT2D eigenvalue weighted by Gasteiger charge is -2.43. The molecule has 186 valence electrons. The molecular formula is C26H29F3N4O2. The zero-order chi connectivity index (χ0) is 25.1. The van der Waals surface area contributed by atoms with E-state index in [1.165, 1.54) is 6.07 Å². The van der Waals surface area contributed by atoms with Crippen LogP contribution in [0.2, 0.25) is 0 Å². The van der Waals surface area contributed by atoms with Crippen LogP contribution >= 0.6 is 0 Å². The maximum absolute atomic E-state index is 13.5. The van der Waals surface area contributed by atoms with E-state index in [4.69, 9.17) is 10.00 Å². The highest BCUT2D eigenvalue weighted by molar-refractivity contribution is 5.74. The largest absolute Gasteiger partial charge is 0.417 e. The monoisotopic (exact) mass is 486 g/mol. The van der Waals surface area contributed by atoms with Gasteiger partial charge >= 0.3 is 12.2 Å². The molecule has 2 aromatic carbocycles. The number of urea groups is 1. The minimum Gasteiger partial charge on any atom is -0.381 e. The summed E-state index contributed by atoms with van der Waals surface area (Å²) in [6, 6.07) is 15.0. The molecule has 2 aliphatic rings. The van der Waals surface area contributed by atoms with Gasteiger partial charge in [-0.05, 0) is 43.0 Å². The molecule has 0 unspecified atom stereocenters. The van der Waals surface area contributed by atoms with E-state index in [1.807, 2.05) is 42.2 Å². The first-order valence-corrected chi connectivity index (χ1v) is 11.8. The predicted molar refractivity (Wildman–Crippen MR) is 126 cm³/mol.